The smallest absolute Gasteiger partial charge is 0.248 e. The summed E-state index contributed by atoms with van der Waals surface area (Å²) in [4.78, 5) is 27.4. The van der Waals surface area contributed by atoms with Gasteiger partial charge < -0.3 is 26.6 Å². The molecule has 162 valence electrons. The van der Waals surface area contributed by atoms with Gasteiger partial charge in [0.05, 0.1) is 0 Å². The van der Waals surface area contributed by atoms with Crippen LogP contribution in [0.5, 0.6) is 0 Å². The zero-order valence-electron chi connectivity index (χ0n) is 18.2. The van der Waals surface area contributed by atoms with Crippen LogP contribution in [-0.4, -0.2) is 53.6 Å². The number of aromatic nitrogens is 3. The number of nitrogens with one attached hydrogen (secondary N) is 3. The predicted octanol–water partition coefficient (Wildman–Crippen LogP) is 2.28. The van der Waals surface area contributed by atoms with Gasteiger partial charge in [0, 0.05) is 37.4 Å². The maximum atomic E-state index is 11.6. The normalized spacial score (nSPS) is 16.4. The number of rotatable bonds is 8. The third-order valence-corrected chi connectivity index (χ3v) is 5.00. The molecule has 30 heavy (non-hydrogen) atoms. The number of anilines is 4. The van der Waals surface area contributed by atoms with Gasteiger partial charge in [0.2, 0.25) is 23.8 Å². The highest BCUT2D eigenvalue weighted by molar-refractivity contribution is 5.94. The fourth-order valence-corrected chi connectivity index (χ4v) is 3.47. The summed E-state index contributed by atoms with van der Waals surface area (Å²) in [6.45, 7) is 9.01. The van der Waals surface area contributed by atoms with Gasteiger partial charge in [0.1, 0.15) is 0 Å². The number of primary amides is 1. The summed E-state index contributed by atoms with van der Waals surface area (Å²) in [5, 5.41) is 10.1. The van der Waals surface area contributed by atoms with E-state index in [1.54, 1.807) is 12.1 Å². The van der Waals surface area contributed by atoms with Crippen LogP contribution < -0.4 is 26.6 Å². The lowest BCUT2D eigenvalue weighted by molar-refractivity contribution is 0.100. The van der Waals surface area contributed by atoms with Crippen molar-refractivity contribution >= 4 is 29.4 Å². The molecule has 1 aliphatic rings. The van der Waals surface area contributed by atoms with Crippen molar-refractivity contribution in [2.45, 2.75) is 39.7 Å². The lowest BCUT2D eigenvalue weighted by atomic mass is 10.1. The molecule has 1 aliphatic heterocycles. The summed E-state index contributed by atoms with van der Waals surface area (Å²) in [5.41, 5.74) is 7.56. The van der Waals surface area contributed by atoms with Gasteiger partial charge in [-0.15, -0.1) is 0 Å². The molecular formula is C21H32N8O. The van der Waals surface area contributed by atoms with Crippen LogP contribution in [0.15, 0.2) is 18.2 Å². The first-order valence-electron chi connectivity index (χ1n) is 10.4. The van der Waals surface area contributed by atoms with Crippen LogP contribution >= 0.6 is 0 Å². The molecule has 0 saturated carbocycles. The topological polar surface area (TPSA) is 121 Å². The molecule has 1 aromatic carbocycles. The third kappa shape index (κ3) is 5.79. The number of aryl methyl sites for hydroxylation is 1. The number of piperidine rings is 1. The molecule has 0 spiro atoms. The van der Waals surface area contributed by atoms with E-state index in [9.17, 15) is 4.79 Å². The van der Waals surface area contributed by atoms with Crippen LogP contribution in [0.4, 0.5) is 23.5 Å². The molecule has 0 bridgehead atoms. The highest BCUT2D eigenvalue weighted by Gasteiger charge is 2.17. The molecule has 1 saturated heterocycles. The van der Waals surface area contributed by atoms with Crippen LogP contribution in [0.3, 0.4) is 0 Å². The third-order valence-electron chi connectivity index (χ3n) is 5.00. The van der Waals surface area contributed by atoms with E-state index in [1.165, 1.54) is 0 Å². The first-order valence-corrected chi connectivity index (χ1v) is 10.4. The van der Waals surface area contributed by atoms with E-state index in [1.807, 2.05) is 24.9 Å². The summed E-state index contributed by atoms with van der Waals surface area (Å²) >= 11 is 0. The summed E-state index contributed by atoms with van der Waals surface area (Å²) in [6.07, 6.45) is 2.19. The number of hydrogen-bond acceptors (Lipinski definition) is 8. The number of hydrogen-bond donors (Lipinski definition) is 4. The molecule has 9 nitrogen and oxygen atoms in total. The van der Waals surface area contributed by atoms with Crippen molar-refractivity contribution in [2.75, 3.05) is 42.2 Å². The van der Waals surface area contributed by atoms with Crippen molar-refractivity contribution in [1.29, 1.82) is 0 Å². The first kappa shape index (κ1) is 21.8. The molecule has 1 atom stereocenters. The number of carbonyl (C=O) groups is 1. The van der Waals surface area contributed by atoms with Gasteiger partial charge >= 0.3 is 0 Å². The molecule has 9 heteroatoms. The Balaban J connectivity index is 1.90. The molecule has 0 unspecified atom stereocenters. The van der Waals surface area contributed by atoms with E-state index in [0.717, 1.165) is 43.7 Å². The molecule has 1 fully saturated rings. The fourth-order valence-electron chi connectivity index (χ4n) is 3.47. The predicted molar refractivity (Wildman–Crippen MR) is 120 cm³/mol. The lowest BCUT2D eigenvalue weighted by Crippen LogP contribution is -2.39. The van der Waals surface area contributed by atoms with Crippen molar-refractivity contribution in [3.05, 3.63) is 29.3 Å². The van der Waals surface area contributed by atoms with Gasteiger partial charge in [-0.3, -0.25) is 4.79 Å². The van der Waals surface area contributed by atoms with Gasteiger partial charge in [-0.25, -0.2) is 0 Å². The van der Waals surface area contributed by atoms with Gasteiger partial charge in [-0.2, -0.15) is 15.0 Å². The van der Waals surface area contributed by atoms with Crippen LogP contribution in [0.1, 0.15) is 42.6 Å². The molecule has 3 rings (SSSR count). The Morgan fingerprint density at radius 3 is 2.73 bits per heavy atom. The monoisotopic (exact) mass is 412 g/mol. The number of nitrogens with two attached hydrogens (primary N) is 1. The molecule has 2 heterocycles. The average molecular weight is 413 g/mol. The summed E-state index contributed by atoms with van der Waals surface area (Å²) in [7, 11) is 1.98. The van der Waals surface area contributed by atoms with Crippen LogP contribution in [-0.2, 0) is 0 Å². The molecule has 0 aliphatic carbocycles. The Kier molecular flexibility index (Phi) is 7.04. The standard InChI is InChI=1S/C21H32N8O/c1-13(2)12-29(4)21-27-19(24-16-6-5-9-23-11-16)26-20(28-21)25-17-10-15(18(22)30)8-7-14(17)3/h7-8,10,13,16,23H,5-6,9,11-12H2,1-4H3,(H2,22,30)(H2,24,25,26,27,28)/t16-/m0/s1. The lowest BCUT2D eigenvalue weighted by Gasteiger charge is -2.25. The Hall–Kier alpha value is -2.94. The molecule has 5 N–H and O–H groups in total. The van der Waals surface area contributed by atoms with Crippen molar-refractivity contribution in [1.82, 2.24) is 20.3 Å². The number of amides is 1. The Bertz CT molecular complexity index is 879. The van der Waals surface area contributed by atoms with Crippen LogP contribution in [0, 0.1) is 12.8 Å². The Morgan fingerprint density at radius 1 is 1.30 bits per heavy atom. The maximum Gasteiger partial charge on any atom is 0.248 e. The zero-order chi connectivity index (χ0) is 21.7. The number of carbonyl (C=O) groups excluding carboxylic acids is 1. The van der Waals surface area contributed by atoms with Gasteiger partial charge in [0.25, 0.3) is 0 Å². The van der Waals surface area contributed by atoms with Gasteiger partial charge in [-0.1, -0.05) is 19.9 Å². The number of benzene rings is 1. The van der Waals surface area contributed by atoms with Crippen LogP contribution in [0.2, 0.25) is 0 Å². The summed E-state index contributed by atoms with van der Waals surface area (Å²) in [5.74, 6) is 1.55. The van der Waals surface area contributed by atoms with Crippen LogP contribution in [0.25, 0.3) is 0 Å². The van der Waals surface area contributed by atoms with E-state index in [4.69, 9.17) is 5.73 Å². The van der Waals surface area contributed by atoms with E-state index in [0.29, 0.717) is 29.3 Å². The zero-order valence-corrected chi connectivity index (χ0v) is 18.2. The van der Waals surface area contributed by atoms with E-state index >= 15 is 0 Å². The van der Waals surface area contributed by atoms with E-state index in [-0.39, 0.29) is 6.04 Å². The van der Waals surface area contributed by atoms with Crippen molar-refractivity contribution < 1.29 is 4.79 Å². The highest BCUT2D eigenvalue weighted by Crippen LogP contribution is 2.23. The van der Waals surface area contributed by atoms with Crippen molar-refractivity contribution in [3.8, 4) is 0 Å². The largest absolute Gasteiger partial charge is 0.366 e. The molecule has 1 amide bonds. The van der Waals surface area contributed by atoms with Crippen molar-refractivity contribution in [3.63, 3.8) is 0 Å². The minimum atomic E-state index is -0.474. The van der Waals surface area contributed by atoms with Crippen molar-refractivity contribution in [2.24, 2.45) is 11.7 Å². The average Bonchev–Trinajstić information content (AvgIpc) is 2.69. The second kappa shape index (κ2) is 9.71. The molecule has 2 aromatic rings. The van der Waals surface area contributed by atoms with Gasteiger partial charge in [0.15, 0.2) is 0 Å². The maximum absolute atomic E-state index is 11.6. The Labute approximate surface area is 177 Å². The highest BCUT2D eigenvalue weighted by atomic mass is 16.1. The summed E-state index contributed by atoms with van der Waals surface area (Å²) in [6, 6.07) is 5.55. The SMILES string of the molecule is Cc1ccc(C(N)=O)cc1Nc1nc(N[C@H]2CCCNC2)nc(N(C)CC(C)C)n1. The first-order chi connectivity index (χ1) is 14.3. The molecule has 0 radical (unpaired) electrons. The van der Waals surface area contributed by atoms with E-state index in [2.05, 4.69) is 44.7 Å². The molecular weight excluding hydrogens is 380 g/mol. The van der Waals surface area contributed by atoms with Gasteiger partial charge in [-0.05, 0) is 49.9 Å². The fraction of sp³-hybridized carbons (Fsp3) is 0.524. The minimum Gasteiger partial charge on any atom is -0.366 e. The Morgan fingerprint density at radius 2 is 2.07 bits per heavy atom. The molecule has 1 aromatic heterocycles. The minimum absolute atomic E-state index is 0.275. The second-order valence-corrected chi connectivity index (χ2v) is 8.26. The summed E-state index contributed by atoms with van der Waals surface area (Å²) < 4.78 is 0. The quantitative estimate of drug-likeness (QED) is 0.521. The number of nitrogens with zero attached hydrogens (tertiary/aromatic N) is 4. The second-order valence-electron chi connectivity index (χ2n) is 8.26. The van der Waals surface area contributed by atoms with E-state index < -0.39 is 5.91 Å².